The summed E-state index contributed by atoms with van der Waals surface area (Å²) in [5.74, 6) is -1.37. The van der Waals surface area contributed by atoms with Gasteiger partial charge in [0.25, 0.3) is 5.91 Å². The van der Waals surface area contributed by atoms with Gasteiger partial charge in [0.15, 0.2) is 6.10 Å². The van der Waals surface area contributed by atoms with Crippen LogP contribution < -0.4 is 10.1 Å². The molecule has 0 aromatic heterocycles. The van der Waals surface area contributed by atoms with Gasteiger partial charge in [-0.2, -0.15) is 0 Å². The van der Waals surface area contributed by atoms with Gasteiger partial charge >= 0.3 is 35.5 Å². The molecule has 2 N–H and O–H groups in total. The fourth-order valence-corrected chi connectivity index (χ4v) is 2.61. The zero-order chi connectivity index (χ0) is 18.4. The molecule has 0 saturated heterocycles. The summed E-state index contributed by atoms with van der Waals surface area (Å²) in [5, 5.41) is 12.5. The maximum absolute atomic E-state index is 12.3. The number of ether oxygens (including phenoxy) is 1. The third-order valence-electron chi connectivity index (χ3n) is 3.46. The third kappa shape index (κ3) is 6.82. The third-order valence-corrected chi connectivity index (χ3v) is 3.99. The van der Waals surface area contributed by atoms with Crippen LogP contribution >= 0.6 is 23.2 Å². The van der Waals surface area contributed by atoms with Crippen molar-refractivity contribution in [3.05, 3.63) is 64.1 Å². The van der Waals surface area contributed by atoms with E-state index in [0.29, 0.717) is 10.8 Å². The fraction of sp³-hybridized carbons (Fsp3) is 0.222. The number of hydrogen-bond donors (Lipinski definition) is 2. The molecule has 5 nitrogen and oxygen atoms in total. The van der Waals surface area contributed by atoms with Gasteiger partial charge in [0.1, 0.15) is 11.8 Å². The summed E-state index contributed by atoms with van der Waals surface area (Å²) in [4.78, 5) is 23.7. The Morgan fingerprint density at radius 3 is 2.38 bits per heavy atom. The SMILES string of the molecule is CC(Oc1ccc(Cl)cc1Cl)C(=O)N[C@@H](Cc1ccccc1)C(=O)O.[NaH]. The first-order valence-electron chi connectivity index (χ1n) is 7.55. The molecule has 1 unspecified atom stereocenters. The van der Waals surface area contributed by atoms with E-state index in [4.69, 9.17) is 27.9 Å². The molecule has 2 aromatic carbocycles. The molecule has 134 valence electrons. The molecule has 0 fully saturated rings. The zero-order valence-electron chi connectivity index (χ0n) is 13.4. The van der Waals surface area contributed by atoms with Gasteiger partial charge in [-0.25, -0.2) is 4.79 Å². The average molecular weight is 406 g/mol. The molecule has 0 aliphatic carbocycles. The molecule has 0 aliphatic rings. The minimum atomic E-state index is -1.12. The molecular formula is C18H18Cl2NNaO4. The number of aliphatic carboxylic acids is 1. The van der Waals surface area contributed by atoms with Gasteiger partial charge in [0.2, 0.25) is 0 Å². The second kappa shape index (κ2) is 10.8. The van der Waals surface area contributed by atoms with Crippen LogP contribution in [0.15, 0.2) is 48.5 Å². The van der Waals surface area contributed by atoms with Crippen LogP contribution in [0, 0.1) is 0 Å². The van der Waals surface area contributed by atoms with E-state index in [1.807, 2.05) is 18.2 Å². The Kier molecular flexibility index (Phi) is 9.47. The van der Waals surface area contributed by atoms with Crippen LogP contribution in [0.3, 0.4) is 0 Å². The standard InChI is InChI=1S/C18H17Cl2NO4.Na.H/c1-11(25-16-8-7-13(19)10-14(16)20)17(22)21-15(18(23)24)9-12-5-3-2-4-6-12;;/h2-8,10-11,15H,9H2,1H3,(H,21,22)(H,23,24);;/t11?,15-;;/m0../s1. The van der Waals surface area contributed by atoms with E-state index in [-0.39, 0.29) is 41.0 Å². The second-order valence-corrected chi connectivity index (χ2v) is 6.27. The Bertz CT molecular complexity index is 758. The van der Waals surface area contributed by atoms with E-state index < -0.39 is 24.0 Å². The Morgan fingerprint density at radius 1 is 1.15 bits per heavy atom. The number of nitrogens with one attached hydrogen (secondary N) is 1. The van der Waals surface area contributed by atoms with Crippen molar-refractivity contribution >= 4 is 64.6 Å². The maximum atomic E-state index is 12.3. The Morgan fingerprint density at radius 2 is 1.81 bits per heavy atom. The van der Waals surface area contributed by atoms with Crippen molar-refractivity contribution in [2.24, 2.45) is 0 Å². The first-order chi connectivity index (χ1) is 11.9. The van der Waals surface area contributed by atoms with E-state index in [2.05, 4.69) is 5.32 Å². The van der Waals surface area contributed by atoms with Gasteiger partial charge in [-0.05, 0) is 30.7 Å². The van der Waals surface area contributed by atoms with Crippen LogP contribution in [0.5, 0.6) is 5.75 Å². The Hall–Kier alpha value is -1.24. The number of carboxylic acids is 1. The summed E-state index contributed by atoms with van der Waals surface area (Å²) in [6.07, 6.45) is -0.743. The van der Waals surface area contributed by atoms with Crippen molar-refractivity contribution in [3.8, 4) is 5.75 Å². The van der Waals surface area contributed by atoms with E-state index in [0.717, 1.165) is 5.56 Å². The molecule has 0 radical (unpaired) electrons. The first-order valence-corrected chi connectivity index (χ1v) is 8.31. The number of carbonyl (C=O) groups is 2. The fourth-order valence-electron chi connectivity index (χ4n) is 2.15. The van der Waals surface area contributed by atoms with Gasteiger partial charge in [0, 0.05) is 11.4 Å². The average Bonchev–Trinajstić information content (AvgIpc) is 2.57. The summed E-state index contributed by atoms with van der Waals surface area (Å²) in [6, 6.07) is 12.6. The van der Waals surface area contributed by atoms with Crippen molar-refractivity contribution in [2.75, 3.05) is 0 Å². The van der Waals surface area contributed by atoms with E-state index in [1.165, 1.54) is 13.0 Å². The molecule has 2 aromatic rings. The van der Waals surface area contributed by atoms with Crippen LogP contribution in [0.2, 0.25) is 10.0 Å². The summed E-state index contributed by atoms with van der Waals surface area (Å²) in [5.41, 5.74) is 0.810. The number of hydrogen-bond acceptors (Lipinski definition) is 3. The quantitative estimate of drug-likeness (QED) is 0.694. The second-order valence-electron chi connectivity index (χ2n) is 5.42. The molecule has 0 bridgehead atoms. The Balaban J connectivity index is 0.00000338. The monoisotopic (exact) mass is 405 g/mol. The summed E-state index contributed by atoms with van der Waals surface area (Å²) < 4.78 is 5.50. The van der Waals surface area contributed by atoms with Crippen LogP contribution in [0.25, 0.3) is 0 Å². The Labute approximate surface area is 183 Å². The number of halogens is 2. The van der Waals surface area contributed by atoms with E-state index >= 15 is 0 Å². The molecular weight excluding hydrogens is 388 g/mol. The summed E-state index contributed by atoms with van der Waals surface area (Å²) in [7, 11) is 0. The molecule has 0 saturated carbocycles. The van der Waals surface area contributed by atoms with Crippen molar-refractivity contribution < 1.29 is 19.4 Å². The minimum absolute atomic E-state index is 0. The van der Waals surface area contributed by atoms with Crippen molar-refractivity contribution in [3.63, 3.8) is 0 Å². The number of carbonyl (C=O) groups excluding carboxylic acids is 1. The van der Waals surface area contributed by atoms with Crippen molar-refractivity contribution in [2.45, 2.75) is 25.5 Å². The molecule has 8 heteroatoms. The summed E-state index contributed by atoms with van der Waals surface area (Å²) >= 11 is 11.8. The number of rotatable bonds is 7. The van der Waals surface area contributed by atoms with Gasteiger partial charge in [-0.15, -0.1) is 0 Å². The van der Waals surface area contributed by atoms with E-state index in [1.54, 1.807) is 24.3 Å². The van der Waals surface area contributed by atoms with Gasteiger partial charge in [-0.3, -0.25) is 4.79 Å². The van der Waals surface area contributed by atoms with Crippen molar-refractivity contribution in [1.29, 1.82) is 0 Å². The van der Waals surface area contributed by atoms with Crippen molar-refractivity contribution in [1.82, 2.24) is 5.32 Å². The molecule has 2 atom stereocenters. The summed E-state index contributed by atoms with van der Waals surface area (Å²) in [6.45, 7) is 1.52. The number of carboxylic acid groups (broad SMARTS) is 1. The molecule has 2 rings (SSSR count). The van der Waals surface area contributed by atoms with E-state index in [9.17, 15) is 14.7 Å². The molecule has 0 heterocycles. The predicted octanol–water partition coefficient (Wildman–Crippen LogP) is 2.92. The molecule has 1 amide bonds. The zero-order valence-corrected chi connectivity index (χ0v) is 14.9. The van der Waals surface area contributed by atoms with Gasteiger partial charge in [-0.1, -0.05) is 53.5 Å². The molecule has 26 heavy (non-hydrogen) atoms. The first kappa shape index (κ1) is 22.8. The molecule has 0 aliphatic heterocycles. The molecule has 0 spiro atoms. The van der Waals surface area contributed by atoms with Gasteiger partial charge in [0.05, 0.1) is 5.02 Å². The number of benzene rings is 2. The normalized spacial score (nSPS) is 12.4. The predicted molar refractivity (Wildman–Crippen MR) is 103 cm³/mol. The number of amides is 1. The van der Waals surface area contributed by atoms with Crippen LogP contribution in [0.1, 0.15) is 12.5 Å². The van der Waals surface area contributed by atoms with Gasteiger partial charge < -0.3 is 15.2 Å². The van der Waals surface area contributed by atoms with Crippen LogP contribution in [-0.4, -0.2) is 58.7 Å². The topological polar surface area (TPSA) is 75.6 Å². The van der Waals surface area contributed by atoms with Crippen LogP contribution in [-0.2, 0) is 16.0 Å². The van der Waals surface area contributed by atoms with Crippen LogP contribution in [0.4, 0.5) is 0 Å².